The summed E-state index contributed by atoms with van der Waals surface area (Å²) in [6, 6.07) is 10.7. The van der Waals surface area contributed by atoms with Gasteiger partial charge >= 0.3 is 0 Å². The van der Waals surface area contributed by atoms with E-state index in [4.69, 9.17) is 9.72 Å². The first-order chi connectivity index (χ1) is 10.4. The molecule has 1 saturated carbocycles. The molecule has 4 heteroatoms. The number of aromatic nitrogens is 3. The summed E-state index contributed by atoms with van der Waals surface area (Å²) < 4.78 is 5.11. The maximum Gasteiger partial charge on any atom is 0.158 e. The van der Waals surface area contributed by atoms with E-state index in [1.807, 2.05) is 0 Å². The van der Waals surface area contributed by atoms with Crippen molar-refractivity contribution in [3.63, 3.8) is 0 Å². The van der Waals surface area contributed by atoms with Crippen LogP contribution in [0.2, 0.25) is 0 Å². The quantitative estimate of drug-likeness (QED) is 0.886. The van der Waals surface area contributed by atoms with Crippen LogP contribution in [0.4, 0.5) is 0 Å². The second kappa shape index (κ2) is 6.85. The predicted molar refractivity (Wildman–Crippen MR) is 82.2 cm³/mol. The first-order valence-corrected chi connectivity index (χ1v) is 7.83. The number of hydrogen-bond donors (Lipinski definition) is 1. The molecule has 1 N–H and O–H groups in total. The Balaban J connectivity index is 1.86. The molecule has 2 aromatic rings. The van der Waals surface area contributed by atoms with Crippen molar-refractivity contribution >= 4 is 0 Å². The van der Waals surface area contributed by atoms with Crippen molar-refractivity contribution in [3.05, 3.63) is 47.5 Å². The third-order valence-corrected chi connectivity index (χ3v) is 4.40. The summed E-state index contributed by atoms with van der Waals surface area (Å²) in [6.07, 6.45) is 6.00. The normalized spacial score (nSPS) is 17.2. The fourth-order valence-electron chi connectivity index (χ4n) is 3.34. The zero-order valence-electron chi connectivity index (χ0n) is 12.6. The number of methoxy groups -OCH3 is 1. The third kappa shape index (κ3) is 3.32. The van der Waals surface area contributed by atoms with Gasteiger partial charge < -0.3 is 4.74 Å². The molecular weight excluding hydrogens is 262 g/mol. The molecule has 1 aliphatic rings. The van der Waals surface area contributed by atoms with Gasteiger partial charge in [0.05, 0.1) is 6.61 Å². The minimum absolute atomic E-state index is 0.321. The molecule has 1 aromatic carbocycles. The summed E-state index contributed by atoms with van der Waals surface area (Å²) in [7, 11) is 1.71. The lowest BCUT2D eigenvalue weighted by Crippen LogP contribution is -2.13. The molecule has 0 spiro atoms. The van der Waals surface area contributed by atoms with E-state index in [1.54, 1.807) is 7.11 Å². The van der Waals surface area contributed by atoms with Crippen LogP contribution in [0.25, 0.3) is 0 Å². The Hall–Kier alpha value is -1.68. The average Bonchev–Trinajstić information content (AvgIpc) is 3.19. The second-order valence-electron chi connectivity index (χ2n) is 5.82. The van der Waals surface area contributed by atoms with Gasteiger partial charge in [0.1, 0.15) is 5.82 Å². The Labute approximate surface area is 125 Å². The molecule has 0 bridgehead atoms. The second-order valence-corrected chi connectivity index (χ2v) is 5.82. The van der Waals surface area contributed by atoms with E-state index < -0.39 is 0 Å². The zero-order valence-corrected chi connectivity index (χ0v) is 12.6. The van der Waals surface area contributed by atoms with Gasteiger partial charge in [-0.25, -0.2) is 4.98 Å². The molecule has 0 aliphatic heterocycles. The Kier molecular flexibility index (Phi) is 4.65. The van der Waals surface area contributed by atoms with Crippen LogP contribution < -0.4 is 0 Å². The molecule has 1 fully saturated rings. The van der Waals surface area contributed by atoms with Gasteiger partial charge in [-0.05, 0) is 24.3 Å². The van der Waals surface area contributed by atoms with Crippen molar-refractivity contribution in [1.29, 1.82) is 0 Å². The molecule has 0 radical (unpaired) electrons. The largest absolute Gasteiger partial charge is 0.384 e. The van der Waals surface area contributed by atoms with Crippen molar-refractivity contribution in [2.75, 3.05) is 13.7 Å². The van der Waals surface area contributed by atoms with Gasteiger partial charge in [0.25, 0.3) is 0 Å². The minimum Gasteiger partial charge on any atom is -0.384 e. The number of benzene rings is 1. The minimum atomic E-state index is 0.321. The highest BCUT2D eigenvalue weighted by Crippen LogP contribution is 2.40. The Morgan fingerprint density at radius 1 is 1.24 bits per heavy atom. The van der Waals surface area contributed by atoms with Crippen LogP contribution in [0.1, 0.15) is 48.8 Å². The van der Waals surface area contributed by atoms with Crippen LogP contribution in [0.3, 0.4) is 0 Å². The summed E-state index contributed by atoms with van der Waals surface area (Å²) >= 11 is 0. The van der Waals surface area contributed by atoms with Gasteiger partial charge in [0.15, 0.2) is 5.82 Å². The summed E-state index contributed by atoms with van der Waals surface area (Å²) in [5, 5.41) is 7.57. The van der Waals surface area contributed by atoms with Crippen molar-refractivity contribution in [2.45, 2.75) is 38.0 Å². The number of rotatable bonds is 6. The first kappa shape index (κ1) is 14.3. The van der Waals surface area contributed by atoms with Crippen LogP contribution in [-0.4, -0.2) is 28.9 Å². The molecule has 4 nitrogen and oxygen atoms in total. The molecule has 1 heterocycles. The number of nitrogens with zero attached hydrogens (tertiary/aromatic N) is 2. The van der Waals surface area contributed by atoms with E-state index in [0.29, 0.717) is 18.4 Å². The Morgan fingerprint density at radius 2 is 2.00 bits per heavy atom. The van der Waals surface area contributed by atoms with Crippen LogP contribution in [0, 0.1) is 5.92 Å². The maximum absolute atomic E-state index is 5.11. The summed E-state index contributed by atoms with van der Waals surface area (Å²) in [4.78, 5) is 4.72. The monoisotopic (exact) mass is 285 g/mol. The fraction of sp³-hybridized carbons (Fsp3) is 0.529. The molecule has 21 heavy (non-hydrogen) atoms. The number of aromatic amines is 1. The Bertz CT molecular complexity index is 546. The number of nitrogens with one attached hydrogen (secondary N) is 1. The van der Waals surface area contributed by atoms with E-state index in [2.05, 4.69) is 40.5 Å². The van der Waals surface area contributed by atoms with Crippen molar-refractivity contribution in [2.24, 2.45) is 5.92 Å². The van der Waals surface area contributed by atoms with E-state index in [9.17, 15) is 0 Å². The topological polar surface area (TPSA) is 50.8 Å². The van der Waals surface area contributed by atoms with Crippen LogP contribution in [0.5, 0.6) is 0 Å². The van der Waals surface area contributed by atoms with Gasteiger partial charge in [-0.1, -0.05) is 43.2 Å². The van der Waals surface area contributed by atoms with Crippen LogP contribution in [-0.2, 0) is 11.2 Å². The van der Waals surface area contributed by atoms with E-state index in [-0.39, 0.29) is 0 Å². The molecular formula is C17H23N3O. The summed E-state index contributed by atoms with van der Waals surface area (Å²) in [6.45, 7) is 0.675. The number of hydrogen-bond acceptors (Lipinski definition) is 3. The zero-order chi connectivity index (χ0) is 14.5. The fourth-order valence-corrected chi connectivity index (χ4v) is 3.34. The number of ether oxygens (including phenoxy) is 1. The molecule has 1 aliphatic carbocycles. The predicted octanol–water partition coefficient (Wildman–Crippen LogP) is 3.32. The highest BCUT2D eigenvalue weighted by atomic mass is 16.5. The van der Waals surface area contributed by atoms with Crippen molar-refractivity contribution in [3.8, 4) is 0 Å². The molecule has 112 valence electrons. The summed E-state index contributed by atoms with van der Waals surface area (Å²) in [5.74, 6) is 2.85. The van der Waals surface area contributed by atoms with E-state index in [1.165, 1.54) is 31.2 Å². The number of H-pyrrole nitrogens is 1. The van der Waals surface area contributed by atoms with E-state index in [0.717, 1.165) is 18.1 Å². The average molecular weight is 285 g/mol. The van der Waals surface area contributed by atoms with Gasteiger partial charge in [0, 0.05) is 19.4 Å². The SMILES string of the molecule is COCCc1nc([C@H](c2ccccc2)C2CCCC2)n[nH]1. The molecule has 1 aromatic heterocycles. The van der Waals surface area contributed by atoms with Gasteiger partial charge in [-0.15, -0.1) is 0 Å². The standard InChI is InChI=1S/C17H23N3O/c1-21-12-11-15-18-17(20-19-15)16(14-9-5-6-10-14)13-7-3-2-4-8-13/h2-4,7-8,14,16H,5-6,9-12H2,1H3,(H,18,19,20)/t16-/m1/s1. The van der Waals surface area contributed by atoms with Gasteiger partial charge in [-0.2, -0.15) is 5.10 Å². The van der Waals surface area contributed by atoms with Gasteiger partial charge in [-0.3, -0.25) is 5.10 Å². The highest BCUT2D eigenvalue weighted by Gasteiger charge is 2.30. The summed E-state index contributed by atoms with van der Waals surface area (Å²) in [5.41, 5.74) is 1.33. The molecule has 0 amide bonds. The van der Waals surface area contributed by atoms with Crippen molar-refractivity contribution < 1.29 is 4.74 Å². The smallest absolute Gasteiger partial charge is 0.158 e. The molecule has 1 atom stereocenters. The lowest BCUT2D eigenvalue weighted by molar-refractivity contribution is 0.200. The first-order valence-electron chi connectivity index (χ1n) is 7.83. The Morgan fingerprint density at radius 3 is 2.71 bits per heavy atom. The van der Waals surface area contributed by atoms with Gasteiger partial charge in [0.2, 0.25) is 0 Å². The third-order valence-electron chi connectivity index (χ3n) is 4.40. The molecule has 3 rings (SSSR count). The molecule has 0 saturated heterocycles. The maximum atomic E-state index is 5.11. The molecule has 0 unspecified atom stereocenters. The van der Waals surface area contributed by atoms with Crippen LogP contribution in [0.15, 0.2) is 30.3 Å². The van der Waals surface area contributed by atoms with Crippen LogP contribution >= 0.6 is 0 Å². The van der Waals surface area contributed by atoms with E-state index >= 15 is 0 Å². The lowest BCUT2D eigenvalue weighted by Gasteiger charge is -2.21. The lowest BCUT2D eigenvalue weighted by atomic mass is 9.84. The van der Waals surface area contributed by atoms with Crippen molar-refractivity contribution in [1.82, 2.24) is 15.2 Å². The highest BCUT2D eigenvalue weighted by molar-refractivity contribution is 5.26.